The summed E-state index contributed by atoms with van der Waals surface area (Å²) in [5.41, 5.74) is 3.34. The molecule has 3 amide bonds. The van der Waals surface area contributed by atoms with Crippen LogP contribution < -0.4 is 19.8 Å². The number of hydrogen-bond donors (Lipinski definition) is 3. The molecule has 5 aromatic rings. The molecule has 19 heteroatoms. The first-order chi connectivity index (χ1) is 31.7. The van der Waals surface area contributed by atoms with Crippen LogP contribution in [0.15, 0.2) is 85.3 Å². The van der Waals surface area contributed by atoms with Gasteiger partial charge in [0.15, 0.2) is 5.82 Å². The third-order valence-corrected chi connectivity index (χ3v) is 15.0. The average molecular weight is 922 g/mol. The molecule has 2 aromatic heterocycles. The summed E-state index contributed by atoms with van der Waals surface area (Å²) in [4.78, 5) is 68.6. The molecule has 0 radical (unpaired) electrons. The SMILES string of the molecule is C=C1CCC(N2C(=O)c3ccc(N4CCC(N5CCN(c6ccc(-c7cnc8[nH]cc(C(=O)c9c(F)ccc(NS(=O)(=O)N%10CC[C@@H](F)C%10)c9F)c8c7)cc6)CC5)CC4)cc3C2=O)C(=O)N1. The number of hydrogen-bond acceptors (Lipinski definition) is 10. The van der Waals surface area contributed by atoms with Crippen molar-refractivity contribution in [3.05, 3.63) is 119 Å². The molecule has 66 heavy (non-hydrogen) atoms. The second kappa shape index (κ2) is 17.0. The van der Waals surface area contributed by atoms with Crippen LogP contribution in [0.1, 0.15) is 68.7 Å². The quantitative estimate of drug-likeness (QED) is 0.118. The highest BCUT2D eigenvalue weighted by atomic mass is 32.2. The van der Waals surface area contributed by atoms with Crippen LogP contribution in [0.4, 0.5) is 30.2 Å². The van der Waals surface area contributed by atoms with Gasteiger partial charge in [-0.25, -0.2) is 18.2 Å². The summed E-state index contributed by atoms with van der Waals surface area (Å²) < 4.78 is 73.1. The molecule has 3 aromatic carbocycles. The minimum absolute atomic E-state index is 0.000823. The average Bonchev–Trinajstić information content (AvgIpc) is 4.03. The number of amides is 3. The number of nitrogens with one attached hydrogen (secondary N) is 3. The number of rotatable bonds is 10. The van der Waals surface area contributed by atoms with E-state index in [1.54, 1.807) is 24.4 Å². The summed E-state index contributed by atoms with van der Waals surface area (Å²) in [6, 6.07) is 16.3. The second-order valence-corrected chi connectivity index (χ2v) is 19.1. The summed E-state index contributed by atoms with van der Waals surface area (Å²) in [6.07, 6.45) is 4.35. The van der Waals surface area contributed by atoms with Crippen molar-refractivity contribution in [2.75, 3.05) is 66.9 Å². The zero-order chi connectivity index (χ0) is 46.0. The number of halogens is 3. The third-order valence-electron chi connectivity index (χ3n) is 13.5. The lowest BCUT2D eigenvalue weighted by atomic mass is 9.99. The Labute approximate surface area is 378 Å². The van der Waals surface area contributed by atoms with Gasteiger partial charge < -0.3 is 20.1 Å². The first-order valence-electron chi connectivity index (χ1n) is 22.0. The molecule has 10 rings (SSSR count). The minimum Gasteiger partial charge on any atom is -0.371 e. The minimum atomic E-state index is -4.36. The Kier molecular flexibility index (Phi) is 11.2. The summed E-state index contributed by atoms with van der Waals surface area (Å²) in [5, 5.41) is 2.99. The predicted octanol–water partition coefficient (Wildman–Crippen LogP) is 5.62. The zero-order valence-corrected chi connectivity index (χ0v) is 36.6. The van der Waals surface area contributed by atoms with Crippen molar-refractivity contribution in [3.63, 3.8) is 0 Å². The van der Waals surface area contributed by atoms with Gasteiger partial charge in [-0.15, -0.1) is 0 Å². The van der Waals surface area contributed by atoms with Gasteiger partial charge in [0.25, 0.3) is 11.8 Å². The van der Waals surface area contributed by atoms with Crippen LogP contribution >= 0.6 is 0 Å². The maximum atomic E-state index is 15.8. The van der Waals surface area contributed by atoms with E-state index in [9.17, 15) is 32.0 Å². The number of allylic oxidation sites excluding steroid dienone is 1. The number of benzene rings is 3. The Morgan fingerprint density at radius 3 is 2.23 bits per heavy atom. The van der Waals surface area contributed by atoms with E-state index in [0.29, 0.717) is 52.3 Å². The summed E-state index contributed by atoms with van der Waals surface area (Å²) in [7, 11) is -4.36. The van der Waals surface area contributed by atoms with Crippen molar-refractivity contribution in [2.45, 2.75) is 50.4 Å². The van der Waals surface area contributed by atoms with Gasteiger partial charge in [0.2, 0.25) is 11.7 Å². The van der Waals surface area contributed by atoms with Gasteiger partial charge in [-0.3, -0.25) is 33.7 Å². The van der Waals surface area contributed by atoms with Gasteiger partial charge in [-0.1, -0.05) is 18.7 Å². The third kappa shape index (κ3) is 7.87. The molecule has 15 nitrogen and oxygen atoms in total. The molecule has 7 heterocycles. The Morgan fingerprint density at radius 2 is 1.52 bits per heavy atom. The number of piperazine rings is 1. The lowest BCUT2D eigenvalue weighted by Crippen LogP contribution is -2.53. The van der Waals surface area contributed by atoms with E-state index < -0.39 is 69.5 Å². The first-order valence-corrected chi connectivity index (χ1v) is 23.4. The predicted molar refractivity (Wildman–Crippen MR) is 241 cm³/mol. The topological polar surface area (TPSA) is 171 Å². The number of anilines is 3. The number of fused-ring (bicyclic) bond motifs is 2. The number of pyridine rings is 1. The Balaban J connectivity index is 0.754. The number of carbonyl (C=O) groups is 4. The molecule has 5 aliphatic rings. The molecule has 0 bridgehead atoms. The van der Waals surface area contributed by atoms with Crippen LogP contribution in [-0.4, -0.2) is 127 Å². The smallest absolute Gasteiger partial charge is 0.301 e. The largest absolute Gasteiger partial charge is 0.371 e. The first kappa shape index (κ1) is 43.3. The highest BCUT2D eigenvalue weighted by Crippen LogP contribution is 2.35. The maximum absolute atomic E-state index is 15.8. The van der Waals surface area contributed by atoms with Gasteiger partial charge in [-0.2, -0.15) is 12.7 Å². The molecule has 4 saturated heterocycles. The number of aromatic amines is 1. The van der Waals surface area contributed by atoms with Crippen LogP contribution in [0.25, 0.3) is 22.2 Å². The Hall–Kier alpha value is -6.57. The van der Waals surface area contributed by atoms with E-state index in [0.717, 1.165) is 90.4 Å². The zero-order valence-electron chi connectivity index (χ0n) is 35.7. The lowest BCUT2D eigenvalue weighted by Gasteiger charge is -2.44. The number of alkyl halides is 1. The van der Waals surface area contributed by atoms with Gasteiger partial charge in [0.1, 0.15) is 23.7 Å². The van der Waals surface area contributed by atoms with Crippen LogP contribution in [0, 0.1) is 11.6 Å². The highest BCUT2D eigenvalue weighted by molar-refractivity contribution is 7.90. The molecule has 0 aliphatic carbocycles. The van der Waals surface area contributed by atoms with E-state index in [4.69, 9.17) is 0 Å². The number of piperidine rings is 2. The van der Waals surface area contributed by atoms with Crippen molar-refractivity contribution in [1.29, 1.82) is 0 Å². The molecule has 2 atom stereocenters. The Bertz CT molecular complexity index is 2930. The van der Waals surface area contributed by atoms with Gasteiger partial charge in [-0.05, 0) is 86.2 Å². The molecular formula is C47H46F3N9O6S. The number of aromatic nitrogens is 2. The fourth-order valence-electron chi connectivity index (χ4n) is 9.87. The second-order valence-electron chi connectivity index (χ2n) is 17.4. The van der Waals surface area contributed by atoms with Crippen LogP contribution in [-0.2, 0) is 15.0 Å². The summed E-state index contributed by atoms with van der Waals surface area (Å²) in [5.74, 6) is -4.84. The standard InChI is InChI=1S/C47H46F3N9O6S/c1-27-2-11-40(45(61)53-27)59-46(62)34-8-7-33(23-36(34)47(59)63)55-15-13-32(14-16-55)57-20-18-56(19-21-57)31-5-3-28(4-6-31)29-22-35-37(25-52-44(35)51-24-29)43(60)41-38(49)9-10-39(42(41)50)54-66(64,65)58-17-12-30(48)26-58/h3-10,22-25,30,32,40,54H,1-2,11-21,26H2,(H,51,52)(H,53,61)/t30-,40?/m1/s1. The van der Waals surface area contributed by atoms with E-state index in [-0.39, 0.29) is 24.4 Å². The summed E-state index contributed by atoms with van der Waals surface area (Å²) >= 11 is 0. The van der Waals surface area contributed by atoms with Crippen LogP contribution in [0.2, 0.25) is 0 Å². The fourth-order valence-corrected chi connectivity index (χ4v) is 11.1. The molecule has 342 valence electrons. The number of carbonyl (C=O) groups excluding carboxylic acids is 4. The molecule has 0 spiro atoms. The molecule has 1 unspecified atom stereocenters. The van der Waals surface area contributed by atoms with Crippen LogP contribution in [0.3, 0.4) is 0 Å². The molecule has 3 N–H and O–H groups in total. The van der Waals surface area contributed by atoms with Crippen molar-refractivity contribution in [2.24, 2.45) is 0 Å². The number of imide groups is 1. The normalized spacial score (nSPS) is 21.2. The van der Waals surface area contributed by atoms with Crippen molar-refractivity contribution in [1.82, 2.24) is 29.4 Å². The van der Waals surface area contributed by atoms with E-state index >= 15 is 8.78 Å². The van der Waals surface area contributed by atoms with E-state index in [1.165, 1.54) is 6.20 Å². The number of nitrogens with zero attached hydrogens (tertiary/aromatic N) is 6. The molecular weight excluding hydrogens is 876 g/mol. The number of ketones is 1. The lowest BCUT2D eigenvalue weighted by molar-refractivity contribution is -0.125. The fraction of sp³-hybridized carbons (Fsp3) is 0.340. The van der Waals surface area contributed by atoms with Crippen molar-refractivity contribution < 1.29 is 40.8 Å². The van der Waals surface area contributed by atoms with Gasteiger partial charge >= 0.3 is 10.2 Å². The van der Waals surface area contributed by atoms with Gasteiger partial charge in [0, 0.05) is 104 Å². The Morgan fingerprint density at radius 1 is 0.803 bits per heavy atom. The van der Waals surface area contributed by atoms with Gasteiger partial charge in [0.05, 0.1) is 22.4 Å². The highest BCUT2D eigenvalue weighted by Gasteiger charge is 2.44. The van der Waals surface area contributed by atoms with E-state index in [2.05, 4.69) is 36.6 Å². The molecule has 5 aliphatic heterocycles. The maximum Gasteiger partial charge on any atom is 0.301 e. The molecule has 0 saturated carbocycles. The van der Waals surface area contributed by atoms with Crippen molar-refractivity contribution in [3.8, 4) is 11.1 Å². The number of H-pyrrole nitrogens is 1. The summed E-state index contributed by atoms with van der Waals surface area (Å²) in [6.45, 7) is 8.35. The van der Waals surface area contributed by atoms with Crippen molar-refractivity contribution >= 4 is 61.8 Å². The monoisotopic (exact) mass is 921 g/mol. The molecule has 4 fully saturated rings. The van der Waals surface area contributed by atoms with E-state index in [1.807, 2.05) is 35.1 Å². The van der Waals surface area contributed by atoms with Crippen LogP contribution in [0.5, 0.6) is 0 Å².